The van der Waals surface area contributed by atoms with Gasteiger partial charge in [0.15, 0.2) is 0 Å². The van der Waals surface area contributed by atoms with Gasteiger partial charge >= 0.3 is 0 Å². The highest BCUT2D eigenvalue weighted by Gasteiger charge is 2.10. The number of anilines is 1. The van der Waals surface area contributed by atoms with E-state index in [0.29, 0.717) is 18.1 Å². The number of aromatic nitrogens is 2. The molecule has 114 valence electrons. The second-order valence-corrected chi connectivity index (χ2v) is 5.87. The largest absolute Gasteiger partial charge is 0.733 e. The van der Waals surface area contributed by atoms with Gasteiger partial charge in [-0.3, -0.25) is 5.21 Å². The standard InChI is InChI=1S/C15H13IN3O3/c1-2-22-14-5-3-10(7-13(14)19(20)21)12-9-18-8-11(16)4-6-15(18)17-12/h3-9,20H,2H2,1H3/q-1. The number of hydrogen-bond donors (Lipinski definition) is 1. The van der Waals surface area contributed by atoms with Gasteiger partial charge in [-0.2, -0.15) is 0 Å². The van der Waals surface area contributed by atoms with E-state index in [2.05, 4.69) is 27.6 Å². The zero-order valence-electron chi connectivity index (χ0n) is 11.7. The van der Waals surface area contributed by atoms with Crippen LogP contribution in [0.2, 0.25) is 0 Å². The van der Waals surface area contributed by atoms with Gasteiger partial charge in [0.1, 0.15) is 11.4 Å². The van der Waals surface area contributed by atoms with Crippen LogP contribution in [0.5, 0.6) is 5.75 Å². The maximum absolute atomic E-state index is 11.3. The topological polar surface area (TPSA) is 73.1 Å². The number of ether oxygens (including phenoxy) is 1. The molecular formula is C15H13IN3O3-. The highest BCUT2D eigenvalue weighted by molar-refractivity contribution is 14.1. The lowest BCUT2D eigenvalue weighted by Gasteiger charge is -2.24. The van der Waals surface area contributed by atoms with Crippen LogP contribution < -0.4 is 9.96 Å². The number of pyridine rings is 1. The maximum Gasteiger partial charge on any atom is 0.143 e. The van der Waals surface area contributed by atoms with Crippen molar-refractivity contribution in [3.63, 3.8) is 0 Å². The van der Waals surface area contributed by atoms with E-state index in [1.54, 1.807) is 12.1 Å². The average Bonchev–Trinajstić information content (AvgIpc) is 2.90. The second-order valence-electron chi connectivity index (χ2n) is 4.63. The predicted octanol–water partition coefficient (Wildman–Crippen LogP) is 3.70. The van der Waals surface area contributed by atoms with E-state index in [-0.39, 0.29) is 10.9 Å². The molecule has 6 nitrogen and oxygen atoms in total. The number of halogens is 1. The van der Waals surface area contributed by atoms with Crippen LogP contribution in [0.3, 0.4) is 0 Å². The fourth-order valence-electron chi connectivity index (χ4n) is 2.21. The van der Waals surface area contributed by atoms with E-state index >= 15 is 0 Å². The second kappa shape index (κ2) is 6.11. The van der Waals surface area contributed by atoms with E-state index in [1.165, 1.54) is 0 Å². The van der Waals surface area contributed by atoms with Crippen molar-refractivity contribution >= 4 is 33.9 Å². The molecule has 0 saturated heterocycles. The minimum absolute atomic E-state index is 0.0611. The van der Waals surface area contributed by atoms with E-state index in [0.717, 1.165) is 14.8 Å². The molecule has 0 fully saturated rings. The average molecular weight is 410 g/mol. The Morgan fingerprint density at radius 3 is 2.86 bits per heavy atom. The molecule has 2 aromatic heterocycles. The molecule has 0 saturated carbocycles. The smallest absolute Gasteiger partial charge is 0.143 e. The summed E-state index contributed by atoms with van der Waals surface area (Å²) in [7, 11) is 0. The fourth-order valence-corrected chi connectivity index (χ4v) is 2.69. The lowest BCUT2D eigenvalue weighted by molar-refractivity contribution is 0.284. The van der Waals surface area contributed by atoms with Gasteiger partial charge in [-0.25, -0.2) is 4.98 Å². The Balaban J connectivity index is 2.07. The maximum atomic E-state index is 11.3. The number of nitrogens with zero attached hydrogens (tertiary/aromatic N) is 3. The predicted molar refractivity (Wildman–Crippen MR) is 92.1 cm³/mol. The highest BCUT2D eigenvalue weighted by atomic mass is 127. The summed E-state index contributed by atoms with van der Waals surface area (Å²) >= 11 is 2.23. The SMILES string of the molecule is CCOc1ccc(-c2cn3cc(I)ccc3n2)cc1N([O-])O. The molecule has 0 radical (unpaired) electrons. The molecule has 1 N–H and O–H groups in total. The van der Waals surface area contributed by atoms with Gasteiger partial charge in [0.05, 0.1) is 18.0 Å². The normalized spacial score (nSPS) is 10.9. The first kappa shape index (κ1) is 15.1. The van der Waals surface area contributed by atoms with Crippen molar-refractivity contribution in [2.24, 2.45) is 0 Å². The molecule has 0 bridgehead atoms. The molecule has 0 unspecified atom stereocenters. The molecule has 22 heavy (non-hydrogen) atoms. The Labute approximate surface area is 140 Å². The van der Waals surface area contributed by atoms with Crippen LogP contribution in [-0.2, 0) is 0 Å². The molecule has 3 aromatic rings. The van der Waals surface area contributed by atoms with Crippen molar-refractivity contribution in [1.29, 1.82) is 0 Å². The lowest BCUT2D eigenvalue weighted by Crippen LogP contribution is -2.09. The Bertz CT molecular complexity index is 817. The Kier molecular flexibility index (Phi) is 4.19. The third-order valence-electron chi connectivity index (χ3n) is 3.18. The molecular weight excluding hydrogens is 397 g/mol. The number of fused-ring (bicyclic) bond motifs is 1. The molecule has 7 heteroatoms. The van der Waals surface area contributed by atoms with Gasteiger partial charge in [0.2, 0.25) is 0 Å². The zero-order chi connectivity index (χ0) is 15.7. The number of imidazole rings is 1. The van der Waals surface area contributed by atoms with Crippen molar-refractivity contribution in [3.8, 4) is 17.0 Å². The molecule has 1 aromatic carbocycles. The van der Waals surface area contributed by atoms with Gasteiger partial charge in [-0.15, -0.1) is 0 Å². The molecule has 3 rings (SSSR count). The molecule has 0 atom stereocenters. The lowest BCUT2D eigenvalue weighted by atomic mass is 10.1. The molecule has 0 aliphatic heterocycles. The van der Waals surface area contributed by atoms with Crippen molar-refractivity contribution in [2.75, 3.05) is 11.8 Å². The highest BCUT2D eigenvalue weighted by Crippen LogP contribution is 2.32. The van der Waals surface area contributed by atoms with Crippen LogP contribution in [0, 0.1) is 8.78 Å². The van der Waals surface area contributed by atoms with Gasteiger partial charge in [-0.05, 0) is 59.8 Å². The first-order chi connectivity index (χ1) is 10.6. The van der Waals surface area contributed by atoms with E-state index in [9.17, 15) is 10.4 Å². The number of benzene rings is 1. The summed E-state index contributed by atoms with van der Waals surface area (Å²) in [6.45, 7) is 2.22. The molecule has 0 amide bonds. The summed E-state index contributed by atoms with van der Waals surface area (Å²) in [5.74, 6) is 0.335. The summed E-state index contributed by atoms with van der Waals surface area (Å²) < 4.78 is 8.35. The van der Waals surface area contributed by atoms with Crippen LogP contribution in [0.4, 0.5) is 5.69 Å². The van der Waals surface area contributed by atoms with Crippen molar-refractivity contribution in [3.05, 3.63) is 51.5 Å². The monoisotopic (exact) mass is 410 g/mol. The van der Waals surface area contributed by atoms with Crippen molar-refractivity contribution < 1.29 is 9.94 Å². The van der Waals surface area contributed by atoms with Crippen molar-refractivity contribution in [1.82, 2.24) is 9.38 Å². The zero-order valence-corrected chi connectivity index (χ0v) is 13.9. The summed E-state index contributed by atoms with van der Waals surface area (Å²) in [5.41, 5.74) is 2.32. The summed E-state index contributed by atoms with van der Waals surface area (Å²) in [6.07, 6.45) is 3.84. The summed E-state index contributed by atoms with van der Waals surface area (Å²) in [6, 6.07) is 8.93. The number of hydrogen-bond acceptors (Lipinski definition) is 5. The van der Waals surface area contributed by atoms with E-state index < -0.39 is 0 Å². The summed E-state index contributed by atoms with van der Waals surface area (Å²) in [5, 5.41) is 20.4. The van der Waals surface area contributed by atoms with Gasteiger partial charge in [0.25, 0.3) is 0 Å². The quantitative estimate of drug-likeness (QED) is 0.525. The number of rotatable bonds is 4. The molecule has 0 aliphatic rings. The molecule has 0 aliphatic carbocycles. The fraction of sp³-hybridized carbons (Fsp3) is 0.133. The van der Waals surface area contributed by atoms with E-state index in [1.807, 2.05) is 41.9 Å². The van der Waals surface area contributed by atoms with Crippen LogP contribution in [0.1, 0.15) is 6.92 Å². The molecule has 0 spiro atoms. The third kappa shape index (κ3) is 2.87. The first-order valence-corrected chi connectivity index (χ1v) is 7.74. The van der Waals surface area contributed by atoms with Crippen LogP contribution in [-0.4, -0.2) is 21.2 Å². The molecule has 2 heterocycles. The van der Waals surface area contributed by atoms with Gasteiger partial charge in [0, 0.05) is 21.5 Å². The van der Waals surface area contributed by atoms with Gasteiger partial charge in [-0.1, -0.05) is 0 Å². The van der Waals surface area contributed by atoms with Crippen LogP contribution in [0.15, 0.2) is 42.7 Å². The van der Waals surface area contributed by atoms with Crippen LogP contribution >= 0.6 is 22.6 Å². The Hall–Kier alpha value is -1.84. The van der Waals surface area contributed by atoms with E-state index in [4.69, 9.17) is 4.74 Å². The Morgan fingerprint density at radius 2 is 2.14 bits per heavy atom. The first-order valence-electron chi connectivity index (χ1n) is 6.66. The summed E-state index contributed by atoms with van der Waals surface area (Å²) in [4.78, 5) is 4.52. The van der Waals surface area contributed by atoms with Crippen LogP contribution in [0.25, 0.3) is 16.9 Å². The Morgan fingerprint density at radius 1 is 1.32 bits per heavy atom. The van der Waals surface area contributed by atoms with Crippen molar-refractivity contribution in [2.45, 2.75) is 6.92 Å². The van der Waals surface area contributed by atoms with Gasteiger partial charge < -0.3 is 19.6 Å². The minimum Gasteiger partial charge on any atom is -0.733 e. The third-order valence-corrected chi connectivity index (χ3v) is 3.81. The minimum atomic E-state index is -0.187.